The van der Waals surface area contributed by atoms with Crippen molar-refractivity contribution in [2.45, 2.75) is 31.5 Å². The van der Waals surface area contributed by atoms with E-state index in [1.54, 1.807) is 0 Å². The highest BCUT2D eigenvalue weighted by Crippen LogP contribution is 2.23. The van der Waals surface area contributed by atoms with E-state index in [1.165, 1.54) is 17.3 Å². The summed E-state index contributed by atoms with van der Waals surface area (Å²) in [5.74, 6) is 0.183. The van der Waals surface area contributed by atoms with Gasteiger partial charge in [-0.25, -0.2) is 4.98 Å². The Bertz CT molecular complexity index is 1120. The first-order valence-corrected chi connectivity index (χ1v) is 10.2. The van der Waals surface area contributed by atoms with Crippen molar-refractivity contribution in [2.75, 3.05) is 5.75 Å². The van der Waals surface area contributed by atoms with Gasteiger partial charge in [0.15, 0.2) is 5.65 Å². The summed E-state index contributed by atoms with van der Waals surface area (Å²) >= 11 is 1.28. The lowest BCUT2D eigenvalue weighted by Gasteiger charge is -2.14. The number of para-hydroxylation sites is 1. The first-order chi connectivity index (χ1) is 13.6. The van der Waals surface area contributed by atoms with Gasteiger partial charge in [-0.3, -0.25) is 4.79 Å². The minimum Gasteiger partial charge on any atom is -0.349 e. The summed E-state index contributed by atoms with van der Waals surface area (Å²) in [6.45, 7) is 4.11. The van der Waals surface area contributed by atoms with Crippen LogP contribution in [0.2, 0.25) is 0 Å². The third-order valence-electron chi connectivity index (χ3n) is 4.70. The molecule has 0 radical (unpaired) electrons. The maximum atomic E-state index is 12.3. The number of carbonyl (C=O) groups is 1. The van der Waals surface area contributed by atoms with Gasteiger partial charge >= 0.3 is 0 Å². The molecule has 0 fully saturated rings. The molecule has 0 spiro atoms. The van der Waals surface area contributed by atoms with Crippen LogP contribution in [-0.2, 0) is 11.2 Å². The second-order valence-corrected chi connectivity index (χ2v) is 7.58. The number of rotatable bonds is 6. The molecule has 2 aromatic heterocycles. The van der Waals surface area contributed by atoms with Crippen LogP contribution in [0.4, 0.5) is 0 Å². The minimum absolute atomic E-state index is 0.0470. The van der Waals surface area contributed by atoms with Crippen LogP contribution in [0.3, 0.4) is 0 Å². The number of carbonyl (C=O) groups excluding carboxylic acids is 1. The summed E-state index contributed by atoms with van der Waals surface area (Å²) < 4.78 is 0. The highest BCUT2D eigenvalue weighted by Gasteiger charge is 2.13. The predicted octanol–water partition coefficient (Wildman–Crippen LogP) is 4.04. The molecule has 0 aliphatic rings. The van der Waals surface area contributed by atoms with Crippen LogP contribution in [0.15, 0.2) is 53.7 Å². The molecule has 2 N–H and O–H groups in total. The number of amides is 1. The second kappa shape index (κ2) is 7.98. The first-order valence-electron chi connectivity index (χ1n) is 9.26. The van der Waals surface area contributed by atoms with Crippen LogP contribution >= 0.6 is 11.8 Å². The molecule has 2 heterocycles. The minimum atomic E-state index is -0.0580. The monoisotopic (exact) mass is 391 g/mol. The average molecular weight is 392 g/mol. The van der Waals surface area contributed by atoms with Crippen LogP contribution in [0, 0.1) is 0 Å². The van der Waals surface area contributed by atoms with Crippen molar-refractivity contribution in [3.63, 3.8) is 0 Å². The normalized spacial score (nSPS) is 12.4. The molecular formula is C21H21N5OS. The molecule has 0 aliphatic carbocycles. The van der Waals surface area contributed by atoms with Gasteiger partial charge in [-0.05, 0) is 30.5 Å². The molecule has 1 amide bonds. The Morgan fingerprint density at radius 1 is 1.14 bits per heavy atom. The van der Waals surface area contributed by atoms with E-state index in [-0.39, 0.29) is 17.7 Å². The topological polar surface area (TPSA) is 83.6 Å². The lowest BCUT2D eigenvalue weighted by Crippen LogP contribution is -2.28. The Kier molecular flexibility index (Phi) is 5.25. The van der Waals surface area contributed by atoms with Gasteiger partial charge in [-0.15, -0.1) is 10.2 Å². The number of aromatic nitrogens is 4. The van der Waals surface area contributed by atoms with Crippen molar-refractivity contribution in [1.29, 1.82) is 0 Å². The van der Waals surface area contributed by atoms with Crippen molar-refractivity contribution >= 4 is 39.7 Å². The van der Waals surface area contributed by atoms with Crippen molar-refractivity contribution in [1.82, 2.24) is 25.5 Å². The third-order valence-corrected chi connectivity index (χ3v) is 5.54. The molecule has 4 rings (SSSR count). The standard InChI is InChI=1S/C21H21N5OS/c1-3-14-8-10-15(11-9-14)13(2)22-18(27)12-28-21-24-20-19(25-26-21)16-6-4-5-7-17(16)23-20/h4-11,13H,3,12H2,1-2H3,(H,22,27)(H,23,24,26)/t13-/m1/s1. The van der Waals surface area contributed by atoms with Crippen molar-refractivity contribution in [3.8, 4) is 0 Å². The van der Waals surface area contributed by atoms with Gasteiger partial charge in [0.2, 0.25) is 11.1 Å². The van der Waals surface area contributed by atoms with Gasteiger partial charge in [0.1, 0.15) is 5.52 Å². The lowest BCUT2D eigenvalue weighted by atomic mass is 10.1. The fourth-order valence-electron chi connectivity index (χ4n) is 3.11. The molecule has 28 heavy (non-hydrogen) atoms. The molecule has 0 aliphatic heterocycles. The zero-order valence-electron chi connectivity index (χ0n) is 15.8. The fourth-order valence-corrected chi connectivity index (χ4v) is 3.70. The number of H-pyrrole nitrogens is 1. The molecular weight excluding hydrogens is 370 g/mol. The van der Waals surface area contributed by atoms with Gasteiger partial charge in [-0.1, -0.05) is 61.2 Å². The van der Waals surface area contributed by atoms with E-state index in [4.69, 9.17) is 0 Å². The van der Waals surface area contributed by atoms with E-state index in [2.05, 4.69) is 56.7 Å². The number of aryl methyl sites for hydroxylation is 1. The molecule has 4 aromatic rings. The van der Waals surface area contributed by atoms with E-state index in [9.17, 15) is 4.79 Å². The largest absolute Gasteiger partial charge is 0.349 e. The number of hydrogen-bond acceptors (Lipinski definition) is 5. The summed E-state index contributed by atoms with van der Waals surface area (Å²) in [7, 11) is 0. The molecule has 6 nitrogen and oxygen atoms in total. The zero-order valence-corrected chi connectivity index (χ0v) is 16.6. The van der Waals surface area contributed by atoms with E-state index in [0.29, 0.717) is 10.8 Å². The van der Waals surface area contributed by atoms with Crippen molar-refractivity contribution < 1.29 is 4.79 Å². The number of hydrogen-bond donors (Lipinski definition) is 2. The van der Waals surface area contributed by atoms with Crippen molar-refractivity contribution in [3.05, 3.63) is 59.7 Å². The quantitative estimate of drug-likeness (QED) is 0.485. The molecule has 0 bridgehead atoms. The van der Waals surface area contributed by atoms with E-state index in [1.807, 2.05) is 31.2 Å². The number of benzene rings is 2. The van der Waals surface area contributed by atoms with Gasteiger partial charge in [0, 0.05) is 10.9 Å². The highest BCUT2D eigenvalue weighted by atomic mass is 32.2. The zero-order chi connectivity index (χ0) is 19.5. The lowest BCUT2D eigenvalue weighted by molar-refractivity contribution is -0.119. The smallest absolute Gasteiger partial charge is 0.230 e. The van der Waals surface area contributed by atoms with E-state index in [0.717, 1.165) is 28.4 Å². The van der Waals surface area contributed by atoms with E-state index < -0.39 is 0 Å². The number of nitrogens with zero attached hydrogens (tertiary/aromatic N) is 3. The molecule has 0 saturated carbocycles. The Hall–Kier alpha value is -2.93. The van der Waals surface area contributed by atoms with Crippen LogP contribution in [0.25, 0.3) is 22.1 Å². The average Bonchev–Trinajstić information content (AvgIpc) is 3.10. The van der Waals surface area contributed by atoms with Crippen LogP contribution in [0.1, 0.15) is 31.0 Å². The number of aromatic amines is 1. The molecule has 0 saturated heterocycles. The first kappa shape index (κ1) is 18.4. The molecule has 2 aromatic carbocycles. The molecule has 1 atom stereocenters. The van der Waals surface area contributed by atoms with Crippen LogP contribution < -0.4 is 5.32 Å². The molecule has 7 heteroatoms. The SMILES string of the molecule is CCc1ccc([C@@H](C)NC(=O)CSc2nnc3c(n2)[nH]c2ccccc23)cc1. The van der Waals surface area contributed by atoms with Gasteiger partial charge in [0.05, 0.1) is 11.8 Å². The Labute approximate surface area is 167 Å². The summed E-state index contributed by atoms with van der Waals surface area (Å²) in [5, 5.41) is 12.9. The summed E-state index contributed by atoms with van der Waals surface area (Å²) in [5.41, 5.74) is 4.78. The maximum Gasteiger partial charge on any atom is 0.230 e. The van der Waals surface area contributed by atoms with E-state index >= 15 is 0 Å². The molecule has 0 unspecified atom stereocenters. The molecule has 142 valence electrons. The van der Waals surface area contributed by atoms with Crippen LogP contribution in [0.5, 0.6) is 0 Å². The van der Waals surface area contributed by atoms with Gasteiger partial charge in [-0.2, -0.15) is 0 Å². The summed E-state index contributed by atoms with van der Waals surface area (Å²) in [4.78, 5) is 20.0. The Morgan fingerprint density at radius 3 is 2.71 bits per heavy atom. The fraction of sp³-hybridized carbons (Fsp3) is 0.238. The van der Waals surface area contributed by atoms with Gasteiger partial charge in [0.25, 0.3) is 0 Å². The predicted molar refractivity (Wildman–Crippen MR) is 112 cm³/mol. The second-order valence-electron chi connectivity index (χ2n) is 6.64. The number of thioether (sulfide) groups is 1. The van der Waals surface area contributed by atoms with Gasteiger partial charge < -0.3 is 10.3 Å². The summed E-state index contributed by atoms with van der Waals surface area (Å²) in [6.07, 6.45) is 1.01. The highest BCUT2D eigenvalue weighted by molar-refractivity contribution is 7.99. The Morgan fingerprint density at radius 2 is 1.93 bits per heavy atom. The number of fused-ring (bicyclic) bond motifs is 3. The number of nitrogens with one attached hydrogen (secondary N) is 2. The third kappa shape index (κ3) is 3.84. The van der Waals surface area contributed by atoms with Crippen molar-refractivity contribution in [2.24, 2.45) is 0 Å². The maximum absolute atomic E-state index is 12.3. The van der Waals surface area contributed by atoms with Crippen LogP contribution in [-0.4, -0.2) is 31.8 Å². The summed E-state index contributed by atoms with van der Waals surface area (Å²) in [6, 6.07) is 16.2. The Balaban J connectivity index is 1.39.